The quantitative estimate of drug-likeness (QED) is 0.497. The fraction of sp³-hybridized carbons (Fsp3) is 0.692. The van der Waals surface area contributed by atoms with Crippen molar-refractivity contribution < 1.29 is 0 Å². The summed E-state index contributed by atoms with van der Waals surface area (Å²) in [4.78, 5) is 0. The SMILES string of the molecule is C=CCCC(CC)CCC=C(C)C. The van der Waals surface area contributed by atoms with Crippen molar-refractivity contribution in [2.45, 2.75) is 52.9 Å². The van der Waals surface area contributed by atoms with Gasteiger partial charge < -0.3 is 0 Å². The number of rotatable bonds is 7. The Morgan fingerprint density at radius 1 is 1.23 bits per heavy atom. The van der Waals surface area contributed by atoms with Crippen LogP contribution in [0.15, 0.2) is 24.3 Å². The Morgan fingerprint density at radius 2 is 1.85 bits per heavy atom. The summed E-state index contributed by atoms with van der Waals surface area (Å²) in [5, 5.41) is 0. The first-order valence-corrected chi connectivity index (χ1v) is 5.45. The van der Waals surface area contributed by atoms with Crippen molar-refractivity contribution in [1.29, 1.82) is 0 Å². The molecule has 0 rings (SSSR count). The molecule has 0 fully saturated rings. The Kier molecular flexibility index (Phi) is 7.77. The molecule has 0 bridgehead atoms. The smallest absolute Gasteiger partial charge is 0.0346 e. The van der Waals surface area contributed by atoms with E-state index in [0.717, 1.165) is 5.92 Å². The maximum atomic E-state index is 3.76. The molecule has 0 aliphatic heterocycles. The van der Waals surface area contributed by atoms with Gasteiger partial charge in [-0.1, -0.05) is 31.1 Å². The molecule has 0 heterocycles. The summed E-state index contributed by atoms with van der Waals surface area (Å²) >= 11 is 0. The first-order chi connectivity index (χ1) is 6.20. The second-order valence-electron chi connectivity index (χ2n) is 4.00. The van der Waals surface area contributed by atoms with E-state index in [1.165, 1.54) is 37.7 Å². The molecule has 0 aliphatic rings. The molecule has 0 spiro atoms. The Hall–Kier alpha value is -0.520. The van der Waals surface area contributed by atoms with E-state index in [0.29, 0.717) is 0 Å². The average molecular weight is 180 g/mol. The second kappa shape index (κ2) is 8.10. The fourth-order valence-electron chi connectivity index (χ4n) is 1.51. The lowest BCUT2D eigenvalue weighted by Crippen LogP contribution is -1.97. The van der Waals surface area contributed by atoms with Gasteiger partial charge in [0.2, 0.25) is 0 Å². The lowest BCUT2D eigenvalue weighted by Gasteiger charge is -2.11. The minimum absolute atomic E-state index is 0.897. The van der Waals surface area contributed by atoms with Crippen molar-refractivity contribution in [3.05, 3.63) is 24.3 Å². The molecule has 0 N–H and O–H groups in total. The van der Waals surface area contributed by atoms with Crippen LogP contribution in [0.3, 0.4) is 0 Å². The van der Waals surface area contributed by atoms with Crippen molar-refractivity contribution in [3.8, 4) is 0 Å². The highest BCUT2D eigenvalue weighted by atomic mass is 14.1. The topological polar surface area (TPSA) is 0 Å². The zero-order valence-corrected chi connectivity index (χ0v) is 9.47. The summed E-state index contributed by atoms with van der Waals surface area (Å²) in [6, 6.07) is 0. The highest BCUT2D eigenvalue weighted by Gasteiger charge is 2.03. The molecule has 0 aromatic carbocycles. The summed E-state index contributed by atoms with van der Waals surface area (Å²) in [6.45, 7) is 10.4. The maximum Gasteiger partial charge on any atom is -0.0346 e. The van der Waals surface area contributed by atoms with Crippen molar-refractivity contribution in [1.82, 2.24) is 0 Å². The molecule has 76 valence electrons. The molecule has 0 nitrogen and oxygen atoms in total. The van der Waals surface area contributed by atoms with Gasteiger partial charge >= 0.3 is 0 Å². The molecule has 0 aliphatic carbocycles. The maximum absolute atomic E-state index is 3.76. The van der Waals surface area contributed by atoms with Gasteiger partial charge in [-0.15, -0.1) is 6.58 Å². The highest BCUT2D eigenvalue weighted by molar-refractivity contribution is 4.92. The first-order valence-electron chi connectivity index (χ1n) is 5.45. The van der Waals surface area contributed by atoms with Crippen LogP contribution in [0.5, 0.6) is 0 Å². The molecule has 0 aromatic rings. The molecule has 0 radical (unpaired) electrons. The average Bonchev–Trinajstić information content (AvgIpc) is 2.10. The monoisotopic (exact) mass is 180 g/mol. The summed E-state index contributed by atoms with van der Waals surface area (Å²) < 4.78 is 0. The van der Waals surface area contributed by atoms with E-state index in [4.69, 9.17) is 0 Å². The van der Waals surface area contributed by atoms with Gasteiger partial charge in [0.15, 0.2) is 0 Å². The van der Waals surface area contributed by atoms with Gasteiger partial charge in [0.25, 0.3) is 0 Å². The predicted octanol–water partition coefficient (Wildman–Crippen LogP) is 4.73. The van der Waals surface area contributed by atoms with Crippen LogP contribution in [0.25, 0.3) is 0 Å². The largest absolute Gasteiger partial charge is 0.103 e. The van der Waals surface area contributed by atoms with E-state index in [1.807, 2.05) is 6.08 Å². The highest BCUT2D eigenvalue weighted by Crippen LogP contribution is 2.18. The Labute approximate surface area is 83.7 Å². The van der Waals surface area contributed by atoms with Crippen LogP contribution in [0.4, 0.5) is 0 Å². The zero-order chi connectivity index (χ0) is 10.1. The van der Waals surface area contributed by atoms with Gasteiger partial charge in [0, 0.05) is 0 Å². The lowest BCUT2D eigenvalue weighted by molar-refractivity contribution is 0.444. The predicted molar refractivity (Wildman–Crippen MR) is 61.9 cm³/mol. The van der Waals surface area contributed by atoms with Crippen LogP contribution in [-0.2, 0) is 0 Å². The van der Waals surface area contributed by atoms with Gasteiger partial charge in [-0.25, -0.2) is 0 Å². The summed E-state index contributed by atoms with van der Waals surface area (Å²) in [5.74, 6) is 0.897. The number of allylic oxidation sites excluding steroid dienone is 3. The van der Waals surface area contributed by atoms with E-state index < -0.39 is 0 Å². The Morgan fingerprint density at radius 3 is 2.31 bits per heavy atom. The zero-order valence-electron chi connectivity index (χ0n) is 9.47. The van der Waals surface area contributed by atoms with Crippen LogP contribution in [0.2, 0.25) is 0 Å². The summed E-state index contributed by atoms with van der Waals surface area (Å²) in [7, 11) is 0. The van der Waals surface area contributed by atoms with Crippen LogP contribution in [0, 0.1) is 5.92 Å². The van der Waals surface area contributed by atoms with Gasteiger partial charge in [-0.05, 0) is 45.4 Å². The van der Waals surface area contributed by atoms with Crippen LogP contribution < -0.4 is 0 Å². The normalized spacial score (nSPS) is 12.2. The Balaban J connectivity index is 3.58. The van der Waals surface area contributed by atoms with Crippen molar-refractivity contribution in [3.63, 3.8) is 0 Å². The fourth-order valence-corrected chi connectivity index (χ4v) is 1.51. The third kappa shape index (κ3) is 7.83. The number of hydrogen-bond acceptors (Lipinski definition) is 0. The van der Waals surface area contributed by atoms with Crippen LogP contribution >= 0.6 is 0 Å². The third-order valence-electron chi connectivity index (χ3n) is 2.48. The molecule has 0 saturated carbocycles. The van der Waals surface area contributed by atoms with E-state index in [1.54, 1.807) is 0 Å². The lowest BCUT2D eigenvalue weighted by atomic mass is 9.94. The first kappa shape index (κ1) is 12.5. The van der Waals surface area contributed by atoms with E-state index in [2.05, 4.69) is 33.4 Å². The third-order valence-corrected chi connectivity index (χ3v) is 2.48. The minimum Gasteiger partial charge on any atom is -0.103 e. The minimum atomic E-state index is 0.897. The molecule has 0 heteroatoms. The second-order valence-corrected chi connectivity index (χ2v) is 4.00. The van der Waals surface area contributed by atoms with Gasteiger partial charge in [-0.2, -0.15) is 0 Å². The molecule has 0 amide bonds. The van der Waals surface area contributed by atoms with Crippen molar-refractivity contribution in [2.75, 3.05) is 0 Å². The molecular weight excluding hydrogens is 156 g/mol. The van der Waals surface area contributed by atoms with E-state index in [9.17, 15) is 0 Å². The molecule has 0 aromatic heterocycles. The van der Waals surface area contributed by atoms with Crippen LogP contribution in [0.1, 0.15) is 52.9 Å². The molecule has 0 saturated heterocycles. The summed E-state index contributed by atoms with van der Waals surface area (Å²) in [6.07, 6.45) is 10.8. The molecule has 1 unspecified atom stereocenters. The standard InChI is InChI=1S/C13H24/c1-5-7-10-13(6-2)11-8-9-12(3)4/h5,9,13H,1,6-8,10-11H2,2-4H3. The molecular formula is C13H24. The van der Waals surface area contributed by atoms with Gasteiger partial charge in [0.05, 0.1) is 0 Å². The number of hydrogen-bond donors (Lipinski definition) is 0. The van der Waals surface area contributed by atoms with Crippen LogP contribution in [-0.4, -0.2) is 0 Å². The van der Waals surface area contributed by atoms with Crippen molar-refractivity contribution in [2.24, 2.45) is 5.92 Å². The summed E-state index contributed by atoms with van der Waals surface area (Å²) in [5.41, 5.74) is 1.44. The van der Waals surface area contributed by atoms with Gasteiger partial charge in [-0.3, -0.25) is 0 Å². The van der Waals surface area contributed by atoms with Crippen molar-refractivity contribution >= 4 is 0 Å². The molecule has 13 heavy (non-hydrogen) atoms. The molecule has 1 atom stereocenters. The van der Waals surface area contributed by atoms with Gasteiger partial charge in [0.1, 0.15) is 0 Å². The van der Waals surface area contributed by atoms with E-state index in [-0.39, 0.29) is 0 Å². The van der Waals surface area contributed by atoms with E-state index >= 15 is 0 Å². The Bertz CT molecular complexity index is 149.